The zero-order chi connectivity index (χ0) is 17.2. The van der Waals surface area contributed by atoms with Crippen LogP contribution in [0.3, 0.4) is 0 Å². The number of sulfonamides is 1. The standard InChI is InChI=1S/C18H19N3O2S/c1-13-3-5-15(6-4-13)12-24(22,23)21-17-9-7-16(8-10-17)18-11-19-14(2)20-18/h3-11,21H,12H2,1-2H3,(H,19,20). The summed E-state index contributed by atoms with van der Waals surface area (Å²) in [4.78, 5) is 7.31. The van der Waals surface area contributed by atoms with Crippen LogP contribution in [0.1, 0.15) is 17.0 Å². The van der Waals surface area contributed by atoms with Crippen molar-refractivity contribution in [3.63, 3.8) is 0 Å². The smallest absolute Gasteiger partial charge is 0.236 e. The minimum absolute atomic E-state index is 0.0469. The Morgan fingerprint density at radius 3 is 2.25 bits per heavy atom. The Balaban J connectivity index is 1.71. The number of aryl methyl sites for hydroxylation is 2. The Morgan fingerprint density at radius 1 is 1.00 bits per heavy atom. The number of aromatic nitrogens is 2. The first kappa shape index (κ1) is 16.3. The average Bonchev–Trinajstić information content (AvgIpc) is 2.96. The van der Waals surface area contributed by atoms with Crippen LogP contribution in [0.2, 0.25) is 0 Å². The summed E-state index contributed by atoms with van der Waals surface area (Å²) < 4.78 is 27.2. The van der Waals surface area contributed by atoms with Crippen LogP contribution < -0.4 is 4.72 Å². The van der Waals surface area contributed by atoms with Crippen molar-refractivity contribution in [2.75, 3.05) is 4.72 Å². The van der Waals surface area contributed by atoms with Gasteiger partial charge in [-0.25, -0.2) is 13.4 Å². The first-order valence-corrected chi connectivity index (χ1v) is 9.25. The number of imidazole rings is 1. The first-order chi connectivity index (χ1) is 11.4. The van der Waals surface area contributed by atoms with Crippen molar-refractivity contribution >= 4 is 15.7 Å². The molecule has 0 bridgehead atoms. The second kappa shape index (κ2) is 6.49. The van der Waals surface area contributed by atoms with Gasteiger partial charge in [0, 0.05) is 5.69 Å². The van der Waals surface area contributed by atoms with Crippen molar-refractivity contribution < 1.29 is 8.42 Å². The fourth-order valence-electron chi connectivity index (χ4n) is 2.40. The van der Waals surface area contributed by atoms with Crippen LogP contribution in [0, 0.1) is 13.8 Å². The zero-order valence-electron chi connectivity index (χ0n) is 13.6. The summed E-state index contributed by atoms with van der Waals surface area (Å²) in [5.74, 6) is 0.794. The summed E-state index contributed by atoms with van der Waals surface area (Å²) in [6.07, 6.45) is 1.76. The maximum Gasteiger partial charge on any atom is 0.236 e. The van der Waals surface area contributed by atoms with Crippen molar-refractivity contribution in [1.29, 1.82) is 0 Å². The minimum Gasteiger partial charge on any atom is -0.342 e. The van der Waals surface area contributed by atoms with E-state index >= 15 is 0 Å². The molecule has 2 aromatic carbocycles. The number of nitrogens with one attached hydrogen (secondary N) is 2. The van der Waals surface area contributed by atoms with E-state index in [1.54, 1.807) is 18.3 Å². The van der Waals surface area contributed by atoms with Crippen LogP contribution in [0.5, 0.6) is 0 Å². The number of benzene rings is 2. The van der Waals surface area contributed by atoms with Crippen LogP contribution in [-0.2, 0) is 15.8 Å². The summed E-state index contributed by atoms with van der Waals surface area (Å²) in [5, 5.41) is 0. The quantitative estimate of drug-likeness (QED) is 0.744. The molecule has 0 aliphatic rings. The lowest BCUT2D eigenvalue weighted by Crippen LogP contribution is -2.15. The Bertz CT molecular complexity index is 927. The van der Waals surface area contributed by atoms with Crippen LogP contribution in [0.15, 0.2) is 54.7 Å². The maximum absolute atomic E-state index is 12.3. The van der Waals surface area contributed by atoms with E-state index in [1.807, 2.05) is 50.2 Å². The number of hydrogen-bond acceptors (Lipinski definition) is 3. The van der Waals surface area contributed by atoms with Crippen molar-refractivity contribution in [2.24, 2.45) is 0 Å². The molecule has 3 rings (SSSR count). The molecule has 6 heteroatoms. The Morgan fingerprint density at radius 2 is 1.67 bits per heavy atom. The zero-order valence-corrected chi connectivity index (χ0v) is 14.4. The normalized spacial score (nSPS) is 11.4. The molecule has 2 N–H and O–H groups in total. The molecule has 0 spiro atoms. The van der Waals surface area contributed by atoms with Crippen LogP contribution >= 0.6 is 0 Å². The molecule has 0 aliphatic heterocycles. The molecule has 0 saturated carbocycles. The summed E-state index contributed by atoms with van der Waals surface area (Å²) in [7, 11) is -3.44. The van der Waals surface area contributed by atoms with Crippen molar-refractivity contribution in [3.05, 3.63) is 71.7 Å². The van der Waals surface area contributed by atoms with E-state index < -0.39 is 10.0 Å². The average molecular weight is 341 g/mol. The van der Waals surface area contributed by atoms with Gasteiger partial charge in [-0.1, -0.05) is 42.0 Å². The van der Waals surface area contributed by atoms with E-state index in [0.717, 1.165) is 28.2 Å². The number of aromatic amines is 1. The second-order valence-electron chi connectivity index (χ2n) is 5.81. The van der Waals surface area contributed by atoms with Gasteiger partial charge in [0.15, 0.2) is 0 Å². The monoisotopic (exact) mass is 341 g/mol. The fraction of sp³-hybridized carbons (Fsp3) is 0.167. The van der Waals surface area contributed by atoms with E-state index in [1.165, 1.54) is 0 Å². The van der Waals surface area contributed by atoms with Gasteiger partial charge in [-0.15, -0.1) is 0 Å². The van der Waals surface area contributed by atoms with E-state index in [2.05, 4.69) is 14.7 Å². The number of anilines is 1. The molecular weight excluding hydrogens is 322 g/mol. The minimum atomic E-state index is -3.44. The van der Waals surface area contributed by atoms with Crippen LogP contribution in [-0.4, -0.2) is 18.4 Å². The van der Waals surface area contributed by atoms with E-state index in [-0.39, 0.29) is 5.75 Å². The van der Waals surface area contributed by atoms with E-state index in [4.69, 9.17) is 0 Å². The highest BCUT2D eigenvalue weighted by molar-refractivity contribution is 7.91. The predicted octanol–water partition coefficient (Wildman–Crippen LogP) is 3.64. The molecule has 0 saturated heterocycles. The Labute approximate surface area is 141 Å². The van der Waals surface area contributed by atoms with Gasteiger partial charge in [0.05, 0.1) is 17.6 Å². The molecule has 0 fully saturated rings. The van der Waals surface area contributed by atoms with Crippen LogP contribution in [0.25, 0.3) is 11.3 Å². The van der Waals surface area contributed by atoms with Gasteiger partial charge in [0.1, 0.15) is 5.82 Å². The third kappa shape index (κ3) is 4.02. The van der Waals surface area contributed by atoms with Gasteiger partial charge in [0.25, 0.3) is 0 Å². The van der Waals surface area contributed by atoms with Gasteiger partial charge in [-0.2, -0.15) is 0 Å². The molecular formula is C18H19N3O2S. The molecule has 1 aromatic heterocycles. The predicted molar refractivity (Wildman–Crippen MR) is 96.2 cm³/mol. The molecule has 0 aliphatic carbocycles. The summed E-state index contributed by atoms with van der Waals surface area (Å²) in [5.41, 5.74) is 4.27. The van der Waals surface area contributed by atoms with Gasteiger partial charge < -0.3 is 4.98 Å². The molecule has 24 heavy (non-hydrogen) atoms. The van der Waals surface area contributed by atoms with Crippen LogP contribution in [0.4, 0.5) is 5.69 Å². The first-order valence-electron chi connectivity index (χ1n) is 7.59. The third-order valence-corrected chi connectivity index (χ3v) is 4.91. The lowest BCUT2D eigenvalue weighted by atomic mass is 10.1. The highest BCUT2D eigenvalue weighted by atomic mass is 32.2. The number of H-pyrrole nitrogens is 1. The molecule has 1 heterocycles. The van der Waals surface area contributed by atoms with Gasteiger partial charge in [-0.3, -0.25) is 4.72 Å². The highest BCUT2D eigenvalue weighted by Crippen LogP contribution is 2.21. The molecule has 0 atom stereocenters. The molecule has 5 nitrogen and oxygen atoms in total. The van der Waals surface area contributed by atoms with E-state index in [0.29, 0.717) is 5.69 Å². The number of rotatable bonds is 5. The van der Waals surface area contributed by atoms with Crippen molar-refractivity contribution in [2.45, 2.75) is 19.6 Å². The van der Waals surface area contributed by atoms with E-state index in [9.17, 15) is 8.42 Å². The van der Waals surface area contributed by atoms with Gasteiger partial charge in [0.2, 0.25) is 10.0 Å². The Kier molecular flexibility index (Phi) is 4.40. The molecule has 3 aromatic rings. The lowest BCUT2D eigenvalue weighted by Gasteiger charge is -2.09. The molecule has 0 unspecified atom stereocenters. The summed E-state index contributed by atoms with van der Waals surface area (Å²) in [6.45, 7) is 3.86. The molecule has 0 radical (unpaired) electrons. The van der Waals surface area contributed by atoms with Crippen molar-refractivity contribution in [3.8, 4) is 11.3 Å². The second-order valence-corrected chi connectivity index (χ2v) is 7.53. The Hall–Kier alpha value is -2.60. The van der Waals surface area contributed by atoms with Gasteiger partial charge >= 0.3 is 0 Å². The molecule has 0 amide bonds. The third-order valence-electron chi connectivity index (χ3n) is 3.65. The molecule has 124 valence electrons. The topological polar surface area (TPSA) is 74.8 Å². The largest absolute Gasteiger partial charge is 0.342 e. The summed E-state index contributed by atoms with van der Waals surface area (Å²) in [6, 6.07) is 14.7. The lowest BCUT2D eigenvalue weighted by molar-refractivity contribution is 0.600. The fourth-order valence-corrected chi connectivity index (χ4v) is 3.60. The summed E-state index contributed by atoms with van der Waals surface area (Å²) >= 11 is 0. The SMILES string of the molecule is Cc1ccc(CS(=O)(=O)Nc2ccc(-c3cnc(C)[nH]3)cc2)cc1. The number of hydrogen-bond donors (Lipinski definition) is 2. The maximum atomic E-state index is 12.3. The van der Waals surface area contributed by atoms with Crippen molar-refractivity contribution in [1.82, 2.24) is 9.97 Å². The number of nitrogens with zero attached hydrogens (tertiary/aromatic N) is 1. The highest BCUT2D eigenvalue weighted by Gasteiger charge is 2.12. The van der Waals surface area contributed by atoms with Gasteiger partial charge in [-0.05, 0) is 37.1 Å².